The monoisotopic (exact) mass is 916 g/mol. The van der Waals surface area contributed by atoms with Crippen molar-refractivity contribution in [1.29, 1.82) is 0 Å². The largest absolute Gasteiger partial charge is 2.00 e. The maximum Gasteiger partial charge on any atom is 2.00 e. The Morgan fingerprint density at radius 3 is 1.00 bits per heavy atom. The van der Waals surface area contributed by atoms with Crippen LogP contribution in [0.15, 0.2) is 82.8 Å². The van der Waals surface area contributed by atoms with Gasteiger partial charge in [0, 0.05) is 73.1 Å². The van der Waals surface area contributed by atoms with E-state index in [1.807, 2.05) is 46.4 Å². The van der Waals surface area contributed by atoms with Crippen molar-refractivity contribution < 1.29 is 64.2 Å². The van der Waals surface area contributed by atoms with Crippen LogP contribution in [0.1, 0.15) is 69.5 Å². The van der Waals surface area contributed by atoms with Crippen molar-refractivity contribution >= 4 is 24.4 Å². The van der Waals surface area contributed by atoms with E-state index in [9.17, 15) is 30.0 Å². The van der Waals surface area contributed by atoms with Gasteiger partial charge in [0.1, 0.15) is 13.3 Å². The molecular weight excluding hydrogens is 868 g/mol. The summed E-state index contributed by atoms with van der Waals surface area (Å²) in [5.74, 6) is -2.52. The normalized spacial score (nSPS) is 10.4. The molecule has 0 fully saturated rings. The summed E-state index contributed by atoms with van der Waals surface area (Å²) in [4.78, 5) is 27.7. The Kier molecular flexibility index (Phi) is 22.9. The van der Waals surface area contributed by atoms with Crippen LogP contribution in [0, 0.1) is 55.4 Å². The first-order valence-corrected chi connectivity index (χ1v) is 18.5. The predicted molar refractivity (Wildman–Crippen MR) is 214 cm³/mol. The second kappa shape index (κ2) is 26.3. The van der Waals surface area contributed by atoms with Gasteiger partial charge in [-0.3, -0.25) is 9.98 Å². The van der Waals surface area contributed by atoms with Gasteiger partial charge in [0.25, 0.3) is 0 Å². The average Bonchev–Trinajstić information content (AvgIpc) is 3.86. The summed E-state index contributed by atoms with van der Waals surface area (Å²) < 4.78 is 7.87. The maximum absolute atomic E-state index is 11.1. The number of carboxylic acids is 2. The summed E-state index contributed by atoms with van der Waals surface area (Å²) in [6.07, 6.45) is 2.51. The van der Waals surface area contributed by atoms with Gasteiger partial charge in [0.05, 0.1) is 22.8 Å². The van der Waals surface area contributed by atoms with E-state index >= 15 is 0 Å². The summed E-state index contributed by atoms with van der Waals surface area (Å²) in [5, 5.41) is 60.0. The van der Waals surface area contributed by atoms with Crippen LogP contribution in [-0.4, -0.2) is 76.6 Å². The maximum atomic E-state index is 11.1. The molecule has 0 aliphatic carbocycles. The molecule has 0 bridgehead atoms. The molecule has 16 nitrogen and oxygen atoms in total. The molecule has 0 unspecified atom stereocenters. The van der Waals surface area contributed by atoms with E-state index in [1.165, 1.54) is 47.3 Å². The molecule has 0 saturated heterocycles. The summed E-state index contributed by atoms with van der Waals surface area (Å²) >= 11 is 0. The number of nitrogens with zero attached hydrogens (tertiary/aromatic N) is 10. The molecule has 6 aromatic rings. The quantitative estimate of drug-likeness (QED) is 0.129. The zero-order valence-electron chi connectivity index (χ0n) is 34.9. The number of carbonyl (C=O) groups is 2. The van der Waals surface area contributed by atoms with Gasteiger partial charge < -0.3 is 30.0 Å². The van der Waals surface area contributed by atoms with Crippen molar-refractivity contribution in [1.82, 2.24) is 39.1 Å². The number of aryl methyl sites for hydroxylation is 8. The Labute approximate surface area is 371 Å². The molecular formula is C42H50Cu2N10O6. The first kappa shape index (κ1) is 52.2. The molecule has 4 aromatic heterocycles. The molecule has 6 rings (SSSR count). The second-order valence-corrected chi connectivity index (χ2v) is 13.4. The van der Waals surface area contributed by atoms with E-state index in [-0.39, 0.29) is 71.6 Å². The van der Waals surface area contributed by atoms with Crippen LogP contribution in [-0.2, 0) is 57.1 Å². The second-order valence-electron chi connectivity index (χ2n) is 13.4. The fraction of sp³-hybridized carbons (Fsp3) is 0.333. The first-order chi connectivity index (χ1) is 27.5. The molecule has 2 radical (unpaired) electrons. The van der Waals surface area contributed by atoms with Crippen molar-refractivity contribution in [2.45, 2.75) is 81.6 Å². The van der Waals surface area contributed by atoms with Crippen molar-refractivity contribution in [3.05, 3.63) is 129 Å². The molecule has 18 heteroatoms. The number of carbonyl (C=O) groups excluding carboxylic acids is 2. The number of rotatable bonds is 12. The van der Waals surface area contributed by atoms with Crippen LogP contribution in [0.4, 0.5) is 0 Å². The molecule has 0 aliphatic rings. The van der Waals surface area contributed by atoms with Gasteiger partial charge in [0.15, 0.2) is 0 Å². The molecule has 0 amide bonds. The SMILES string of the molecule is Cc1cc(C)n(Cn2nc(C)cc2C)n1.Cc1cc(C)n(Cn2nc(C)cc2C)n1.O=C([O-])CCN=Cc1ccccc1[O-].O=C([O-])CCN=Cc1ccccc1[O-].[Cu+2].[Cu+2]. The molecule has 0 aliphatic heterocycles. The number of para-hydroxylation sites is 2. The Hall–Kier alpha value is -5.80. The molecule has 4 heterocycles. The van der Waals surface area contributed by atoms with Crippen LogP contribution in [0.3, 0.4) is 0 Å². The Morgan fingerprint density at radius 2 is 0.783 bits per heavy atom. The summed E-state index contributed by atoms with van der Waals surface area (Å²) in [6.45, 7) is 17.9. The van der Waals surface area contributed by atoms with Crippen molar-refractivity contribution in [2.24, 2.45) is 9.98 Å². The third-order valence-corrected chi connectivity index (χ3v) is 8.14. The van der Waals surface area contributed by atoms with Crippen molar-refractivity contribution in [2.75, 3.05) is 13.1 Å². The summed E-state index contributed by atoms with van der Waals surface area (Å²) in [7, 11) is 0. The number of hydrogen-bond donors (Lipinski definition) is 0. The summed E-state index contributed by atoms with van der Waals surface area (Å²) in [6, 6.07) is 21.1. The fourth-order valence-corrected chi connectivity index (χ4v) is 5.34. The number of carboxylic acid groups (broad SMARTS) is 2. The van der Waals surface area contributed by atoms with E-state index in [1.54, 1.807) is 36.4 Å². The molecule has 0 N–H and O–H groups in total. The van der Waals surface area contributed by atoms with Gasteiger partial charge in [-0.2, -0.15) is 20.4 Å². The van der Waals surface area contributed by atoms with Gasteiger partial charge in [-0.05, 0) is 90.8 Å². The zero-order valence-corrected chi connectivity index (χ0v) is 36.7. The third-order valence-electron chi connectivity index (χ3n) is 8.14. The Bertz CT molecular complexity index is 2060. The topological polar surface area (TPSA) is 222 Å². The van der Waals surface area contributed by atoms with Crippen molar-refractivity contribution in [3.63, 3.8) is 0 Å². The fourth-order valence-electron chi connectivity index (χ4n) is 5.34. The summed E-state index contributed by atoms with van der Waals surface area (Å²) in [5.41, 5.74) is 9.79. The van der Waals surface area contributed by atoms with Crippen LogP contribution in [0.5, 0.6) is 11.5 Å². The number of aliphatic carboxylic acids is 2. The molecule has 0 atom stereocenters. The van der Waals surface area contributed by atoms with E-state index in [4.69, 9.17) is 0 Å². The molecule has 2 aromatic carbocycles. The Morgan fingerprint density at radius 1 is 0.517 bits per heavy atom. The van der Waals surface area contributed by atoms with Crippen LogP contribution in [0.2, 0.25) is 0 Å². The predicted octanol–water partition coefficient (Wildman–Crippen LogP) is 2.27. The molecule has 60 heavy (non-hydrogen) atoms. The van der Waals surface area contributed by atoms with Crippen molar-refractivity contribution in [3.8, 4) is 11.5 Å². The van der Waals surface area contributed by atoms with E-state index in [0.29, 0.717) is 24.5 Å². The first-order valence-electron chi connectivity index (χ1n) is 18.5. The number of benzene rings is 2. The van der Waals surface area contributed by atoms with Gasteiger partial charge in [-0.25, -0.2) is 18.7 Å². The van der Waals surface area contributed by atoms with Crippen LogP contribution >= 0.6 is 0 Å². The minimum atomic E-state index is -1.14. The number of hydrogen-bond acceptors (Lipinski definition) is 12. The van der Waals surface area contributed by atoms with Gasteiger partial charge in [-0.1, -0.05) is 48.5 Å². The van der Waals surface area contributed by atoms with E-state index in [2.05, 4.69) is 82.3 Å². The van der Waals surface area contributed by atoms with Gasteiger partial charge in [0.2, 0.25) is 0 Å². The zero-order chi connectivity index (χ0) is 42.8. The van der Waals surface area contributed by atoms with Gasteiger partial charge in [-0.15, -0.1) is 11.5 Å². The van der Waals surface area contributed by atoms with E-state index in [0.717, 1.165) is 22.8 Å². The molecule has 0 spiro atoms. The number of aliphatic imine (C=N–C) groups is 2. The Balaban J connectivity index is 0.000000396. The molecule has 0 saturated carbocycles. The minimum Gasteiger partial charge on any atom is -0.872 e. The van der Waals surface area contributed by atoms with E-state index < -0.39 is 11.9 Å². The average molecular weight is 918 g/mol. The smallest absolute Gasteiger partial charge is 0.872 e. The molecule has 326 valence electrons. The van der Waals surface area contributed by atoms with Crippen LogP contribution in [0.25, 0.3) is 0 Å². The third kappa shape index (κ3) is 18.4. The van der Waals surface area contributed by atoms with Crippen LogP contribution < -0.4 is 20.4 Å². The number of aromatic nitrogens is 8. The van der Waals surface area contributed by atoms with Gasteiger partial charge >= 0.3 is 34.1 Å². The standard InChI is InChI=1S/2C11H16N4.2C10H11NO3.2Cu/c2*1-8-5-10(3)14(12-8)7-15-11(4)6-9(2)13-15;2*12-9-4-2-1-3-8(9)7-11-6-5-10(13)14;;/h2*5-6H,7H2,1-4H3;2*1-4,7,12H,5-6H2,(H,13,14);;/q;;;;2*+2/p-4. The minimum absolute atomic E-state index is 0.